The van der Waals surface area contributed by atoms with Gasteiger partial charge in [0.1, 0.15) is 5.69 Å². The van der Waals surface area contributed by atoms with E-state index >= 15 is 0 Å². The lowest BCUT2D eigenvalue weighted by molar-refractivity contribution is -0.383. The molecular formula is C17H15N3O3. The number of hydrogen-bond acceptors (Lipinski definition) is 4. The SMILES string of the molecule is CNc1ccc(C=C2C(=O)N(C)c3ccccc32)cc1[N+](=O)[O-]. The Morgan fingerprint density at radius 2 is 1.96 bits per heavy atom. The van der Waals surface area contributed by atoms with E-state index in [2.05, 4.69) is 5.32 Å². The third kappa shape index (κ3) is 2.44. The summed E-state index contributed by atoms with van der Waals surface area (Å²) in [6.07, 6.45) is 1.69. The van der Waals surface area contributed by atoms with Gasteiger partial charge in [0.05, 0.1) is 10.6 Å². The van der Waals surface area contributed by atoms with Crippen LogP contribution in [0.1, 0.15) is 11.1 Å². The van der Waals surface area contributed by atoms with Crippen molar-refractivity contribution in [3.8, 4) is 0 Å². The van der Waals surface area contributed by atoms with Crippen molar-refractivity contribution in [3.63, 3.8) is 0 Å². The molecule has 23 heavy (non-hydrogen) atoms. The van der Waals surface area contributed by atoms with Gasteiger partial charge in [-0.25, -0.2) is 0 Å². The molecule has 0 fully saturated rings. The molecule has 0 atom stereocenters. The van der Waals surface area contributed by atoms with Gasteiger partial charge in [0.25, 0.3) is 11.6 Å². The number of nitro benzene ring substituents is 1. The molecular weight excluding hydrogens is 294 g/mol. The number of nitrogens with zero attached hydrogens (tertiary/aromatic N) is 2. The van der Waals surface area contributed by atoms with E-state index in [0.29, 0.717) is 16.8 Å². The second-order valence-electron chi connectivity index (χ2n) is 5.22. The molecule has 0 radical (unpaired) electrons. The maximum absolute atomic E-state index is 12.4. The Hall–Kier alpha value is -3.15. The minimum atomic E-state index is -0.440. The van der Waals surface area contributed by atoms with E-state index in [1.807, 2.05) is 24.3 Å². The second-order valence-corrected chi connectivity index (χ2v) is 5.22. The van der Waals surface area contributed by atoms with Crippen molar-refractivity contribution in [3.05, 3.63) is 63.7 Å². The molecule has 2 aromatic carbocycles. The Bertz CT molecular complexity index is 843. The van der Waals surface area contributed by atoms with Crippen LogP contribution in [0, 0.1) is 10.1 Å². The van der Waals surface area contributed by atoms with Crippen LogP contribution in [0.4, 0.5) is 17.1 Å². The first-order valence-corrected chi connectivity index (χ1v) is 7.08. The van der Waals surface area contributed by atoms with E-state index in [-0.39, 0.29) is 11.6 Å². The zero-order chi connectivity index (χ0) is 16.6. The Balaban J connectivity index is 2.11. The minimum absolute atomic E-state index is 0.0195. The Labute approximate surface area is 133 Å². The van der Waals surface area contributed by atoms with Crippen molar-refractivity contribution in [2.45, 2.75) is 0 Å². The molecule has 2 aromatic rings. The van der Waals surface area contributed by atoms with E-state index in [9.17, 15) is 14.9 Å². The quantitative estimate of drug-likeness (QED) is 0.537. The molecule has 0 aromatic heterocycles. The molecule has 1 aliphatic rings. The average molecular weight is 309 g/mol. The largest absolute Gasteiger partial charge is 0.383 e. The van der Waals surface area contributed by atoms with Crippen LogP contribution in [0.2, 0.25) is 0 Å². The van der Waals surface area contributed by atoms with Crippen LogP contribution >= 0.6 is 0 Å². The number of amides is 1. The third-order valence-corrected chi connectivity index (χ3v) is 3.89. The lowest BCUT2D eigenvalue weighted by atomic mass is 10.0. The van der Waals surface area contributed by atoms with Crippen LogP contribution in [0.15, 0.2) is 42.5 Å². The number of likely N-dealkylation sites (N-methyl/N-ethyl adjacent to an activating group) is 1. The van der Waals surface area contributed by atoms with E-state index in [4.69, 9.17) is 0 Å². The van der Waals surface area contributed by atoms with Gasteiger partial charge >= 0.3 is 0 Å². The molecule has 0 aliphatic carbocycles. The van der Waals surface area contributed by atoms with Gasteiger partial charge in [0, 0.05) is 31.3 Å². The average Bonchev–Trinajstić information content (AvgIpc) is 2.80. The predicted octanol–water partition coefficient (Wildman–Crippen LogP) is 3.15. The summed E-state index contributed by atoms with van der Waals surface area (Å²) in [4.78, 5) is 24.7. The number of benzene rings is 2. The van der Waals surface area contributed by atoms with Gasteiger partial charge in [-0.3, -0.25) is 14.9 Å². The molecule has 0 unspecified atom stereocenters. The van der Waals surface area contributed by atoms with Crippen LogP contribution in [0.25, 0.3) is 11.6 Å². The molecule has 1 heterocycles. The third-order valence-electron chi connectivity index (χ3n) is 3.89. The zero-order valence-electron chi connectivity index (χ0n) is 12.7. The summed E-state index contributed by atoms with van der Waals surface area (Å²) < 4.78 is 0. The highest BCUT2D eigenvalue weighted by Gasteiger charge is 2.29. The Morgan fingerprint density at radius 1 is 1.22 bits per heavy atom. The number of para-hydroxylation sites is 1. The smallest absolute Gasteiger partial charge is 0.292 e. The molecule has 1 amide bonds. The number of nitrogens with one attached hydrogen (secondary N) is 1. The number of carbonyl (C=O) groups excluding carboxylic acids is 1. The predicted molar refractivity (Wildman–Crippen MR) is 90.4 cm³/mol. The molecule has 3 rings (SSSR count). The summed E-state index contributed by atoms with van der Waals surface area (Å²) in [6, 6.07) is 12.3. The molecule has 0 saturated heterocycles. The molecule has 0 bridgehead atoms. The fraction of sp³-hybridized carbons (Fsp3) is 0.118. The van der Waals surface area contributed by atoms with Crippen molar-refractivity contribution in [2.75, 3.05) is 24.3 Å². The normalized spacial score (nSPS) is 15.0. The molecule has 6 nitrogen and oxygen atoms in total. The van der Waals surface area contributed by atoms with Gasteiger partial charge in [0.2, 0.25) is 0 Å². The van der Waals surface area contributed by atoms with Gasteiger partial charge in [-0.15, -0.1) is 0 Å². The first-order valence-electron chi connectivity index (χ1n) is 7.08. The highest BCUT2D eigenvalue weighted by Crippen LogP contribution is 2.37. The number of nitro groups is 1. The van der Waals surface area contributed by atoms with Crippen molar-refractivity contribution in [1.29, 1.82) is 0 Å². The summed E-state index contributed by atoms with van der Waals surface area (Å²) in [5.41, 5.74) is 3.24. The van der Waals surface area contributed by atoms with Crippen molar-refractivity contribution in [2.24, 2.45) is 0 Å². The monoisotopic (exact) mass is 309 g/mol. The van der Waals surface area contributed by atoms with Gasteiger partial charge < -0.3 is 10.2 Å². The van der Waals surface area contributed by atoms with Crippen LogP contribution in [0.3, 0.4) is 0 Å². The molecule has 1 aliphatic heterocycles. The lowest BCUT2D eigenvalue weighted by Gasteiger charge is -2.08. The fourth-order valence-corrected chi connectivity index (χ4v) is 2.71. The molecule has 116 valence electrons. The number of rotatable bonds is 3. The molecule has 0 spiro atoms. The summed E-state index contributed by atoms with van der Waals surface area (Å²) in [6.45, 7) is 0. The van der Waals surface area contributed by atoms with Crippen LogP contribution in [0.5, 0.6) is 0 Å². The van der Waals surface area contributed by atoms with Crippen LogP contribution < -0.4 is 10.2 Å². The number of hydrogen-bond donors (Lipinski definition) is 1. The standard InChI is InChI=1S/C17H15N3O3/c1-18-14-8-7-11(10-16(14)20(22)23)9-13-12-5-3-4-6-15(12)19(2)17(13)21/h3-10,18H,1-2H3. The number of carbonyl (C=O) groups is 1. The molecule has 6 heteroatoms. The van der Waals surface area contributed by atoms with Crippen molar-refractivity contribution >= 4 is 34.6 Å². The first kappa shape index (κ1) is 14.8. The molecule has 0 saturated carbocycles. The van der Waals surface area contributed by atoms with Gasteiger partial charge in [-0.1, -0.05) is 24.3 Å². The Morgan fingerprint density at radius 3 is 2.65 bits per heavy atom. The zero-order valence-corrected chi connectivity index (χ0v) is 12.7. The number of anilines is 2. The minimum Gasteiger partial charge on any atom is -0.383 e. The second kappa shape index (κ2) is 5.57. The van der Waals surface area contributed by atoms with Crippen LogP contribution in [-0.4, -0.2) is 24.9 Å². The van der Waals surface area contributed by atoms with Crippen molar-refractivity contribution in [1.82, 2.24) is 0 Å². The van der Waals surface area contributed by atoms with Gasteiger partial charge in [0.15, 0.2) is 0 Å². The van der Waals surface area contributed by atoms with Crippen molar-refractivity contribution < 1.29 is 9.72 Å². The maximum atomic E-state index is 12.4. The topological polar surface area (TPSA) is 75.5 Å². The van der Waals surface area contributed by atoms with E-state index in [1.54, 1.807) is 37.2 Å². The lowest BCUT2D eigenvalue weighted by Crippen LogP contribution is -2.20. The van der Waals surface area contributed by atoms with E-state index in [1.165, 1.54) is 6.07 Å². The highest BCUT2D eigenvalue weighted by molar-refractivity contribution is 6.35. The molecule has 1 N–H and O–H groups in total. The van der Waals surface area contributed by atoms with E-state index in [0.717, 1.165) is 11.3 Å². The number of fused-ring (bicyclic) bond motifs is 1. The summed E-state index contributed by atoms with van der Waals surface area (Å²) >= 11 is 0. The maximum Gasteiger partial charge on any atom is 0.292 e. The highest BCUT2D eigenvalue weighted by atomic mass is 16.6. The van der Waals surface area contributed by atoms with Gasteiger partial charge in [-0.2, -0.15) is 0 Å². The van der Waals surface area contributed by atoms with Crippen LogP contribution in [-0.2, 0) is 4.79 Å². The summed E-state index contributed by atoms with van der Waals surface area (Å²) in [5, 5.41) is 13.9. The fourth-order valence-electron chi connectivity index (χ4n) is 2.71. The van der Waals surface area contributed by atoms with E-state index < -0.39 is 4.92 Å². The summed E-state index contributed by atoms with van der Waals surface area (Å²) in [5.74, 6) is -0.119. The Kier molecular flexibility index (Phi) is 3.57. The van der Waals surface area contributed by atoms with Gasteiger partial charge in [-0.05, 0) is 23.8 Å². The first-order chi connectivity index (χ1) is 11.0. The summed E-state index contributed by atoms with van der Waals surface area (Å²) in [7, 11) is 3.35.